The first-order chi connectivity index (χ1) is 13.1. The fourth-order valence-electron chi connectivity index (χ4n) is 2.12. The maximum absolute atomic E-state index is 12.2. The van der Waals surface area contributed by atoms with E-state index in [1.165, 1.54) is 20.2 Å². The van der Waals surface area contributed by atoms with E-state index in [0.717, 1.165) is 11.1 Å². The summed E-state index contributed by atoms with van der Waals surface area (Å²) in [6.45, 7) is 8.61. The average molecular weight is 384 g/mol. The molecule has 0 saturated carbocycles. The minimum atomic E-state index is -0.812. The Morgan fingerprint density at radius 3 is 2.57 bits per heavy atom. The summed E-state index contributed by atoms with van der Waals surface area (Å²) in [6, 6.07) is 4.67. The van der Waals surface area contributed by atoms with Gasteiger partial charge in [0.05, 0.1) is 5.54 Å². The molecule has 0 radical (unpaired) electrons. The van der Waals surface area contributed by atoms with E-state index in [4.69, 9.17) is 10.5 Å². The van der Waals surface area contributed by atoms with Crippen LogP contribution < -0.4 is 15.8 Å². The Morgan fingerprint density at radius 2 is 2.07 bits per heavy atom. The molecule has 0 unspecified atom stereocenters. The van der Waals surface area contributed by atoms with Gasteiger partial charge < -0.3 is 15.8 Å². The number of benzene rings is 1. The van der Waals surface area contributed by atoms with Crippen LogP contribution in [0.25, 0.3) is 0 Å². The Bertz CT molecular complexity index is 839. The number of nitrogens with zero attached hydrogens (tertiary/aromatic N) is 2. The molecule has 1 aromatic rings. The number of nitrogens with one attached hydrogen (secondary N) is 1. The second-order valence-electron chi connectivity index (χ2n) is 6.83. The fourth-order valence-corrected chi connectivity index (χ4v) is 2.12. The van der Waals surface area contributed by atoms with Gasteiger partial charge in [-0.25, -0.2) is 4.99 Å². The van der Waals surface area contributed by atoms with Crippen LogP contribution in [0.1, 0.15) is 38.8 Å². The quantitative estimate of drug-likeness (QED) is 0.457. The van der Waals surface area contributed by atoms with Gasteiger partial charge in [-0.15, -0.1) is 0 Å². The standard InChI is InChI=1S/C21H28N4O3/c1-7-24-19(23-6)20(27)25-17(15(3)26)13-28-18-9-8-16(12-14(18)2)10-11-21(4,5)22/h7-9,12,17H,13,22H2,1-6H3,(H,25,27)/t17-/m0/s1. The average Bonchev–Trinajstić information content (AvgIpc) is 2.61. The second-order valence-corrected chi connectivity index (χ2v) is 6.83. The van der Waals surface area contributed by atoms with Gasteiger partial charge in [-0.2, -0.15) is 0 Å². The van der Waals surface area contributed by atoms with Gasteiger partial charge in [0.2, 0.25) is 5.84 Å². The van der Waals surface area contributed by atoms with E-state index in [0.29, 0.717) is 5.75 Å². The molecular weight excluding hydrogens is 356 g/mol. The number of nitrogens with two attached hydrogens (primary N) is 1. The van der Waals surface area contributed by atoms with E-state index >= 15 is 0 Å². The number of aryl methyl sites for hydroxylation is 1. The third-order valence-corrected chi connectivity index (χ3v) is 3.57. The van der Waals surface area contributed by atoms with Crippen LogP contribution in [0, 0.1) is 18.8 Å². The first kappa shape index (κ1) is 23.1. The molecule has 1 atom stereocenters. The van der Waals surface area contributed by atoms with Gasteiger partial charge >= 0.3 is 0 Å². The molecule has 0 spiro atoms. The van der Waals surface area contributed by atoms with Crippen LogP contribution in [-0.4, -0.2) is 49.0 Å². The molecule has 0 fully saturated rings. The van der Waals surface area contributed by atoms with Crippen LogP contribution >= 0.6 is 0 Å². The van der Waals surface area contributed by atoms with E-state index in [-0.39, 0.29) is 18.2 Å². The Kier molecular flexibility index (Phi) is 8.55. The molecule has 0 bridgehead atoms. The van der Waals surface area contributed by atoms with Crippen molar-refractivity contribution in [1.29, 1.82) is 0 Å². The van der Waals surface area contributed by atoms with E-state index in [1.807, 2.05) is 32.9 Å². The van der Waals surface area contributed by atoms with Crippen LogP contribution in [0.4, 0.5) is 0 Å². The molecule has 150 valence electrons. The highest BCUT2D eigenvalue weighted by Gasteiger charge is 2.21. The normalized spacial score (nSPS) is 12.9. The van der Waals surface area contributed by atoms with Crippen LogP contribution in [-0.2, 0) is 9.59 Å². The zero-order valence-corrected chi connectivity index (χ0v) is 17.3. The second kappa shape index (κ2) is 10.4. The van der Waals surface area contributed by atoms with Gasteiger partial charge in [-0.1, -0.05) is 11.8 Å². The van der Waals surface area contributed by atoms with Gasteiger partial charge in [0.1, 0.15) is 18.4 Å². The molecule has 1 amide bonds. The van der Waals surface area contributed by atoms with Crippen molar-refractivity contribution in [1.82, 2.24) is 5.32 Å². The molecule has 7 nitrogen and oxygen atoms in total. The number of amides is 1. The van der Waals surface area contributed by atoms with Crippen molar-refractivity contribution in [3.05, 3.63) is 29.3 Å². The zero-order chi connectivity index (χ0) is 21.3. The van der Waals surface area contributed by atoms with Crippen molar-refractivity contribution in [2.45, 2.75) is 46.2 Å². The molecule has 1 rings (SSSR count). The summed E-state index contributed by atoms with van der Waals surface area (Å²) in [5.74, 6) is 5.84. The number of amidine groups is 1. The molecule has 0 aliphatic heterocycles. The van der Waals surface area contributed by atoms with E-state index < -0.39 is 17.5 Å². The third-order valence-electron chi connectivity index (χ3n) is 3.57. The molecule has 0 saturated heterocycles. The van der Waals surface area contributed by atoms with Crippen molar-refractivity contribution < 1.29 is 14.3 Å². The third kappa shape index (κ3) is 7.72. The zero-order valence-electron chi connectivity index (χ0n) is 17.3. The predicted octanol–water partition coefficient (Wildman–Crippen LogP) is 1.66. The summed E-state index contributed by atoms with van der Waals surface area (Å²) in [6.07, 6.45) is 1.46. The highest BCUT2D eigenvalue weighted by atomic mass is 16.5. The SMILES string of the molecule is CC=NC(=NC)C(=O)N[C@@H](COc1ccc(C#CC(C)(C)N)cc1C)C(C)=O. The lowest BCUT2D eigenvalue weighted by molar-refractivity contribution is -0.124. The fraction of sp³-hybridized carbons (Fsp3) is 0.429. The van der Waals surface area contributed by atoms with Gasteiger partial charge in [0.25, 0.3) is 5.91 Å². The summed E-state index contributed by atoms with van der Waals surface area (Å²) < 4.78 is 5.75. The first-order valence-corrected chi connectivity index (χ1v) is 8.89. The van der Waals surface area contributed by atoms with E-state index in [2.05, 4.69) is 27.1 Å². The predicted molar refractivity (Wildman–Crippen MR) is 112 cm³/mol. The van der Waals surface area contributed by atoms with E-state index in [9.17, 15) is 9.59 Å². The van der Waals surface area contributed by atoms with Crippen molar-refractivity contribution >= 4 is 23.7 Å². The van der Waals surface area contributed by atoms with Crippen molar-refractivity contribution in [2.24, 2.45) is 15.7 Å². The molecule has 1 aromatic carbocycles. The van der Waals surface area contributed by atoms with Crippen LogP contribution in [0.5, 0.6) is 5.75 Å². The summed E-state index contributed by atoms with van der Waals surface area (Å²) in [5.41, 5.74) is 6.98. The molecule has 28 heavy (non-hydrogen) atoms. The largest absolute Gasteiger partial charge is 0.491 e. The number of hydrogen-bond donors (Lipinski definition) is 2. The van der Waals surface area contributed by atoms with Gasteiger partial charge in [0.15, 0.2) is 5.78 Å². The van der Waals surface area contributed by atoms with E-state index in [1.54, 1.807) is 13.0 Å². The minimum absolute atomic E-state index is 0.00399. The number of rotatable bonds is 5. The molecule has 0 aliphatic carbocycles. The Morgan fingerprint density at radius 1 is 1.39 bits per heavy atom. The summed E-state index contributed by atoms with van der Waals surface area (Å²) in [7, 11) is 1.46. The Balaban J connectivity index is 2.85. The topological polar surface area (TPSA) is 106 Å². The lowest BCUT2D eigenvalue weighted by atomic mass is 10.1. The highest BCUT2D eigenvalue weighted by Crippen LogP contribution is 2.19. The van der Waals surface area contributed by atoms with Crippen LogP contribution in [0.3, 0.4) is 0 Å². The number of Topliss-reactive ketones (excluding diaryl/α,β-unsaturated/α-hetero) is 1. The lowest BCUT2D eigenvalue weighted by Crippen LogP contribution is -2.46. The first-order valence-electron chi connectivity index (χ1n) is 8.89. The highest BCUT2D eigenvalue weighted by molar-refractivity contribution is 6.39. The smallest absolute Gasteiger partial charge is 0.289 e. The van der Waals surface area contributed by atoms with Crippen LogP contribution in [0.2, 0.25) is 0 Å². The maximum atomic E-state index is 12.2. The van der Waals surface area contributed by atoms with Gasteiger partial charge in [0, 0.05) is 18.8 Å². The molecule has 0 aromatic heterocycles. The minimum Gasteiger partial charge on any atom is -0.491 e. The summed E-state index contributed by atoms with van der Waals surface area (Å²) >= 11 is 0. The lowest BCUT2D eigenvalue weighted by Gasteiger charge is -2.17. The number of hydrogen-bond acceptors (Lipinski definition) is 5. The number of ether oxygens (including phenoxy) is 1. The number of aliphatic imine (C=N–C) groups is 2. The maximum Gasteiger partial charge on any atom is 0.289 e. The monoisotopic (exact) mass is 384 g/mol. The Labute approximate surface area is 166 Å². The van der Waals surface area contributed by atoms with Gasteiger partial charge in [-0.3, -0.25) is 14.6 Å². The van der Waals surface area contributed by atoms with Crippen molar-refractivity contribution in [3.63, 3.8) is 0 Å². The van der Waals surface area contributed by atoms with Crippen molar-refractivity contribution in [2.75, 3.05) is 13.7 Å². The molecule has 0 aliphatic rings. The number of carbonyl (C=O) groups is 2. The molecular formula is C21H28N4O3. The van der Waals surface area contributed by atoms with Gasteiger partial charge in [-0.05, 0) is 58.4 Å². The van der Waals surface area contributed by atoms with Crippen molar-refractivity contribution in [3.8, 4) is 17.6 Å². The Hall–Kier alpha value is -2.98. The molecule has 7 heteroatoms. The molecule has 0 heterocycles. The number of ketones is 1. The van der Waals surface area contributed by atoms with Crippen LogP contribution in [0.15, 0.2) is 28.2 Å². The summed E-state index contributed by atoms with van der Waals surface area (Å²) in [5, 5.41) is 2.60. The molecule has 3 N–H and O–H groups in total. The number of carbonyl (C=O) groups excluding carboxylic acids is 2. The summed E-state index contributed by atoms with van der Waals surface area (Å²) in [4.78, 5) is 31.7.